The van der Waals surface area contributed by atoms with Gasteiger partial charge in [-0.2, -0.15) is 4.31 Å². The van der Waals surface area contributed by atoms with Crippen LogP contribution in [-0.2, 0) is 10.0 Å². The zero-order valence-corrected chi connectivity index (χ0v) is 12.3. The van der Waals surface area contributed by atoms with Gasteiger partial charge in [0.05, 0.1) is 10.5 Å². The van der Waals surface area contributed by atoms with E-state index in [0.717, 1.165) is 19.3 Å². The van der Waals surface area contributed by atoms with Crippen molar-refractivity contribution in [2.75, 3.05) is 13.1 Å². The Hall–Kier alpha value is -1.40. The number of carboxylic acids is 1. The molecule has 2 rings (SSSR count). The third-order valence-electron chi connectivity index (χ3n) is 3.71. The Morgan fingerprint density at radius 3 is 2.65 bits per heavy atom. The summed E-state index contributed by atoms with van der Waals surface area (Å²) in [6, 6.07) is 5.79. The van der Waals surface area contributed by atoms with Crippen LogP contribution in [0.3, 0.4) is 0 Å². The van der Waals surface area contributed by atoms with Gasteiger partial charge in [-0.05, 0) is 37.3 Å². The minimum absolute atomic E-state index is 0.109. The van der Waals surface area contributed by atoms with Crippen LogP contribution < -0.4 is 0 Å². The molecule has 1 aromatic rings. The predicted molar refractivity (Wildman–Crippen MR) is 75.2 cm³/mol. The lowest BCUT2D eigenvalue weighted by molar-refractivity contribution is 0.0692. The first-order chi connectivity index (χ1) is 9.43. The Balaban J connectivity index is 2.37. The molecule has 6 heteroatoms. The van der Waals surface area contributed by atoms with Gasteiger partial charge in [0.2, 0.25) is 10.0 Å². The van der Waals surface area contributed by atoms with E-state index in [1.165, 1.54) is 22.5 Å². The Morgan fingerprint density at radius 2 is 1.95 bits per heavy atom. The number of benzene rings is 1. The molecule has 1 aliphatic heterocycles. The molecule has 1 atom stereocenters. The summed E-state index contributed by atoms with van der Waals surface area (Å²) in [6.45, 7) is 3.03. The highest BCUT2D eigenvalue weighted by atomic mass is 32.2. The van der Waals surface area contributed by atoms with E-state index in [2.05, 4.69) is 6.92 Å². The molecule has 20 heavy (non-hydrogen) atoms. The third-order valence-corrected chi connectivity index (χ3v) is 5.67. The van der Waals surface area contributed by atoms with Crippen LogP contribution in [0.15, 0.2) is 29.2 Å². The number of sulfonamides is 1. The van der Waals surface area contributed by atoms with Crippen LogP contribution in [0.25, 0.3) is 0 Å². The van der Waals surface area contributed by atoms with E-state index in [0.29, 0.717) is 19.0 Å². The number of aromatic carboxylic acids is 1. The topological polar surface area (TPSA) is 74.7 Å². The number of carboxylic acid groups (broad SMARTS) is 1. The summed E-state index contributed by atoms with van der Waals surface area (Å²) in [6.07, 6.45) is 2.64. The average molecular weight is 297 g/mol. The highest BCUT2D eigenvalue weighted by Gasteiger charge is 2.29. The summed E-state index contributed by atoms with van der Waals surface area (Å²) in [7, 11) is -3.73. The molecule has 110 valence electrons. The first-order valence-corrected chi connectivity index (χ1v) is 8.19. The van der Waals surface area contributed by atoms with Crippen molar-refractivity contribution in [3.05, 3.63) is 29.8 Å². The largest absolute Gasteiger partial charge is 0.478 e. The Morgan fingerprint density at radius 1 is 1.25 bits per heavy atom. The standard InChI is InChI=1S/C14H19NO4S/c1-11-5-4-9-15(10-8-11)20(18,19)13-7-3-2-6-12(13)14(16)17/h2-3,6-7,11H,4-5,8-10H2,1H3,(H,16,17). The summed E-state index contributed by atoms with van der Waals surface area (Å²) in [5.41, 5.74) is -0.162. The Labute approximate surface area is 119 Å². The van der Waals surface area contributed by atoms with Gasteiger partial charge in [-0.1, -0.05) is 19.1 Å². The van der Waals surface area contributed by atoms with Crippen LogP contribution in [0.5, 0.6) is 0 Å². The molecule has 1 N–H and O–H groups in total. The highest BCUT2D eigenvalue weighted by molar-refractivity contribution is 7.89. The number of nitrogens with zero attached hydrogens (tertiary/aromatic N) is 1. The molecule has 5 nitrogen and oxygen atoms in total. The average Bonchev–Trinajstić information content (AvgIpc) is 2.64. The molecular weight excluding hydrogens is 278 g/mol. The van der Waals surface area contributed by atoms with Crippen molar-refractivity contribution in [1.82, 2.24) is 4.31 Å². The van der Waals surface area contributed by atoms with E-state index in [1.54, 1.807) is 6.07 Å². The monoisotopic (exact) mass is 297 g/mol. The van der Waals surface area contributed by atoms with Crippen LogP contribution in [0.4, 0.5) is 0 Å². The third kappa shape index (κ3) is 3.02. The molecule has 1 heterocycles. The van der Waals surface area contributed by atoms with Gasteiger partial charge in [0, 0.05) is 13.1 Å². The highest BCUT2D eigenvalue weighted by Crippen LogP contribution is 2.25. The summed E-state index contributed by atoms with van der Waals surface area (Å²) >= 11 is 0. The maximum atomic E-state index is 12.6. The summed E-state index contributed by atoms with van der Waals surface area (Å²) < 4.78 is 26.7. The van der Waals surface area contributed by atoms with Crippen LogP contribution >= 0.6 is 0 Å². The number of hydrogen-bond acceptors (Lipinski definition) is 3. The van der Waals surface area contributed by atoms with Gasteiger partial charge >= 0.3 is 5.97 Å². The lowest BCUT2D eigenvalue weighted by atomic mass is 10.0. The number of carbonyl (C=O) groups is 1. The maximum absolute atomic E-state index is 12.6. The van der Waals surface area contributed by atoms with Crippen molar-refractivity contribution in [3.8, 4) is 0 Å². The van der Waals surface area contributed by atoms with Gasteiger partial charge in [-0.25, -0.2) is 13.2 Å². The fourth-order valence-corrected chi connectivity index (χ4v) is 4.16. The molecule has 1 aromatic carbocycles. The maximum Gasteiger partial charge on any atom is 0.337 e. The molecule has 0 radical (unpaired) electrons. The fraction of sp³-hybridized carbons (Fsp3) is 0.500. The van der Waals surface area contributed by atoms with Crippen molar-refractivity contribution in [3.63, 3.8) is 0 Å². The fourth-order valence-electron chi connectivity index (χ4n) is 2.48. The Kier molecular flexibility index (Phi) is 4.45. The van der Waals surface area contributed by atoms with Crippen molar-refractivity contribution in [1.29, 1.82) is 0 Å². The first-order valence-electron chi connectivity index (χ1n) is 6.75. The molecule has 0 spiro atoms. The smallest absolute Gasteiger partial charge is 0.337 e. The van der Waals surface area contributed by atoms with Crippen LogP contribution in [0, 0.1) is 5.92 Å². The molecule has 0 saturated carbocycles. The summed E-state index contributed by atoms with van der Waals surface area (Å²) in [4.78, 5) is 11.1. The van der Waals surface area contributed by atoms with Crippen molar-refractivity contribution in [2.45, 2.75) is 31.1 Å². The summed E-state index contributed by atoms with van der Waals surface area (Å²) in [5.74, 6) is -0.711. The zero-order valence-electron chi connectivity index (χ0n) is 11.4. The normalized spacial score (nSPS) is 21.4. The second kappa shape index (κ2) is 5.93. The first kappa shape index (κ1) is 15.0. The molecule has 0 aromatic heterocycles. The molecule has 0 bridgehead atoms. The molecule has 1 saturated heterocycles. The lowest BCUT2D eigenvalue weighted by Crippen LogP contribution is -2.33. The van der Waals surface area contributed by atoms with Crippen LogP contribution in [0.2, 0.25) is 0 Å². The van der Waals surface area contributed by atoms with Crippen molar-refractivity contribution in [2.24, 2.45) is 5.92 Å². The molecule has 1 aliphatic rings. The molecule has 1 unspecified atom stereocenters. The number of rotatable bonds is 3. The van der Waals surface area contributed by atoms with E-state index in [4.69, 9.17) is 5.11 Å². The zero-order chi connectivity index (χ0) is 14.8. The Bertz CT molecular complexity index is 597. The molecule has 1 fully saturated rings. The minimum Gasteiger partial charge on any atom is -0.478 e. The van der Waals surface area contributed by atoms with Crippen molar-refractivity contribution < 1.29 is 18.3 Å². The second-order valence-electron chi connectivity index (χ2n) is 5.24. The van der Waals surface area contributed by atoms with Gasteiger partial charge in [0.1, 0.15) is 0 Å². The predicted octanol–water partition coefficient (Wildman–Crippen LogP) is 2.20. The van der Waals surface area contributed by atoms with Gasteiger partial charge < -0.3 is 5.11 Å². The van der Waals surface area contributed by atoms with Gasteiger partial charge in [0.15, 0.2) is 0 Å². The van der Waals surface area contributed by atoms with Crippen LogP contribution in [-0.4, -0.2) is 36.9 Å². The molecule has 0 aliphatic carbocycles. The van der Waals surface area contributed by atoms with E-state index < -0.39 is 16.0 Å². The molecule has 0 amide bonds. The van der Waals surface area contributed by atoms with Crippen molar-refractivity contribution >= 4 is 16.0 Å². The quantitative estimate of drug-likeness (QED) is 0.928. The minimum atomic E-state index is -3.73. The lowest BCUT2D eigenvalue weighted by Gasteiger charge is -2.21. The van der Waals surface area contributed by atoms with E-state index in [-0.39, 0.29) is 10.5 Å². The van der Waals surface area contributed by atoms with Crippen LogP contribution in [0.1, 0.15) is 36.5 Å². The van der Waals surface area contributed by atoms with Gasteiger partial charge in [0.25, 0.3) is 0 Å². The van der Waals surface area contributed by atoms with Gasteiger partial charge in [-0.15, -0.1) is 0 Å². The van der Waals surface area contributed by atoms with E-state index in [1.807, 2.05) is 0 Å². The SMILES string of the molecule is CC1CCCN(S(=O)(=O)c2ccccc2C(=O)O)CC1. The van der Waals surface area contributed by atoms with Gasteiger partial charge in [-0.3, -0.25) is 0 Å². The second-order valence-corrected chi connectivity index (χ2v) is 7.15. The number of hydrogen-bond donors (Lipinski definition) is 1. The van der Waals surface area contributed by atoms with E-state index in [9.17, 15) is 13.2 Å². The molecular formula is C14H19NO4S. The summed E-state index contributed by atoms with van der Waals surface area (Å²) in [5, 5.41) is 9.14. The van der Waals surface area contributed by atoms with E-state index >= 15 is 0 Å².